The number of hydrogen-bond donors (Lipinski definition) is 0. The predicted molar refractivity (Wildman–Crippen MR) is 122 cm³/mol. The molecule has 158 valence electrons. The molecule has 0 amide bonds. The fraction of sp³-hybridized carbons (Fsp3) is 0.375. The van der Waals surface area contributed by atoms with Gasteiger partial charge in [0.25, 0.3) is 5.79 Å². The summed E-state index contributed by atoms with van der Waals surface area (Å²) in [4.78, 5) is 25.6. The van der Waals surface area contributed by atoms with Gasteiger partial charge in [0.05, 0.1) is 3.57 Å². The second kappa shape index (κ2) is 9.73. The molecule has 1 saturated heterocycles. The summed E-state index contributed by atoms with van der Waals surface area (Å²) in [6.07, 6.45) is 6.32. The minimum Gasteiger partial charge on any atom is -0.488 e. The molecule has 0 aromatic heterocycles. The lowest BCUT2D eigenvalue weighted by molar-refractivity contribution is -0.233. The Labute approximate surface area is 186 Å². The largest absolute Gasteiger partial charge is 0.488 e. The smallest absolute Gasteiger partial charge is 0.354 e. The molecule has 0 radical (unpaired) electrons. The van der Waals surface area contributed by atoms with Gasteiger partial charge in [0, 0.05) is 12.8 Å². The molecule has 2 aromatic carbocycles. The van der Waals surface area contributed by atoms with Crippen LogP contribution in [0.15, 0.2) is 54.6 Å². The first-order valence-electron chi connectivity index (χ1n) is 10.4. The Morgan fingerprint density at radius 3 is 2.10 bits per heavy atom. The van der Waals surface area contributed by atoms with Crippen LogP contribution in [0.25, 0.3) is 0 Å². The Hall–Kier alpha value is -2.22. The zero-order chi connectivity index (χ0) is 20.8. The molecule has 0 unspecified atom stereocenters. The van der Waals surface area contributed by atoms with Crippen LogP contribution in [0.2, 0.25) is 0 Å². The van der Waals surface area contributed by atoms with Gasteiger partial charge in [0.1, 0.15) is 12.4 Å². The van der Waals surface area contributed by atoms with Crippen molar-refractivity contribution < 1.29 is 23.8 Å². The van der Waals surface area contributed by atoms with Crippen LogP contribution in [-0.2, 0) is 25.7 Å². The molecule has 5 nitrogen and oxygen atoms in total. The molecular formula is C24H25IO5. The molecule has 1 aliphatic heterocycles. The summed E-state index contributed by atoms with van der Waals surface area (Å²) in [6, 6.07) is 17.4. The van der Waals surface area contributed by atoms with Crippen LogP contribution in [0.4, 0.5) is 0 Å². The highest BCUT2D eigenvalue weighted by Crippen LogP contribution is 2.36. The number of hydrogen-bond acceptors (Lipinski definition) is 5. The third-order valence-electron chi connectivity index (χ3n) is 5.30. The molecule has 1 saturated carbocycles. The molecule has 6 heteroatoms. The van der Waals surface area contributed by atoms with E-state index in [0.717, 1.165) is 34.8 Å². The number of rotatable bonds is 4. The predicted octanol–water partition coefficient (Wildman–Crippen LogP) is 5.12. The zero-order valence-corrected chi connectivity index (χ0v) is 18.9. The summed E-state index contributed by atoms with van der Waals surface area (Å²) in [6.45, 7) is 0.426. The second-order valence-corrected chi connectivity index (χ2v) is 10.4. The monoisotopic (exact) mass is 520 g/mol. The van der Waals surface area contributed by atoms with Gasteiger partial charge in [-0.1, -0.05) is 82.5 Å². The van der Waals surface area contributed by atoms with Gasteiger partial charge in [-0.25, -0.2) is 9.59 Å². The summed E-state index contributed by atoms with van der Waals surface area (Å²) in [5, 5.41) is 0. The molecule has 0 bridgehead atoms. The first-order chi connectivity index (χ1) is 14.7. The quantitative estimate of drug-likeness (QED) is 0.414. The SMILES string of the molecule is O=C1OC2(CCCCCCC2)OC(=O)C1=Ic1ccccc1OCc1ccccc1. The van der Waals surface area contributed by atoms with Crippen LogP contribution in [0.5, 0.6) is 5.75 Å². The molecule has 2 aliphatic rings. The number of para-hydroxylation sites is 1. The topological polar surface area (TPSA) is 61.8 Å². The Morgan fingerprint density at radius 1 is 0.800 bits per heavy atom. The maximum atomic E-state index is 12.8. The van der Waals surface area contributed by atoms with Crippen molar-refractivity contribution >= 4 is 36.2 Å². The summed E-state index contributed by atoms with van der Waals surface area (Å²) in [5.74, 6) is -1.41. The number of carbonyl (C=O) groups is 2. The van der Waals surface area contributed by atoms with E-state index < -0.39 is 38.5 Å². The standard InChI is InChI=1S/C24H25IO5/c26-22-21(23(27)30-24(29-22)15-9-2-1-3-10-16-24)25-19-13-7-8-14-20(19)28-17-18-11-5-4-6-12-18/h4-8,11-14H,1-3,9-10,15-17H2. The molecule has 2 fully saturated rings. The van der Waals surface area contributed by atoms with Gasteiger partial charge in [0.2, 0.25) is 0 Å². The highest BCUT2D eigenvalue weighted by molar-refractivity contribution is 14.2. The van der Waals surface area contributed by atoms with E-state index in [0.29, 0.717) is 25.2 Å². The first-order valence-corrected chi connectivity index (χ1v) is 12.6. The lowest BCUT2D eigenvalue weighted by Gasteiger charge is -2.37. The molecule has 1 spiro atoms. The van der Waals surface area contributed by atoms with Crippen molar-refractivity contribution in [1.29, 1.82) is 0 Å². The van der Waals surface area contributed by atoms with Crippen molar-refractivity contribution in [3.05, 3.63) is 63.7 Å². The van der Waals surface area contributed by atoms with E-state index in [2.05, 4.69) is 0 Å². The Bertz CT molecular complexity index is 908. The van der Waals surface area contributed by atoms with Crippen LogP contribution < -0.4 is 4.74 Å². The molecule has 30 heavy (non-hydrogen) atoms. The van der Waals surface area contributed by atoms with E-state index in [9.17, 15) is 9.59 Å². The van der Waals surface area contributed by atoms with Crippen LogP contribution in [0.1, 0.15) is 50.5 Å². The molecule has 0 atom stereocenters. The highest BCUT2D eigenvalue weighted by atomic mass is 127. The fourth-order valence-electron chi connectivity index (χ4n) is 3.73. The maximum Gasteiger partial charge on any atom is 0.354 e. The molecule has 2 aromatic rings. The molecule has 0 N–H and O–H groups in total. The fourth-order valence-corrected chi connectivity index (χ4v) is 5.96. The number of halogens is 1. The number of esters is 2. The van der Waals surface area contributed by atoms with Crippen LogP contribution in [-0.4, -0.2) is 21.2 Å². The van der Waals surface area contributed by atoms with Crippen LogP contribution >= 0.6 is 20.7 Å². The van der Waals surface area contributed by atoms with E-state index in [4.69, 9.17) is 14.2 Å². The summed E-state index contributed by atoms with van der Waals surface area (Å²) in [5.41, 5.74) is 1.06. The maximum absolute atomic E-state index is 12.8. The van der Waals surface area contributed by atoms with E-state index in [1.165, 1.54) is 6.42 Å². The van der Waals surface area contributed by atoms with E-state index in [1.807, 2.05) is 54.6 Å². The second-order valence-electron chi connectivity index (χ2n) is 7.57. The summed E-state index contributed by atoms with van der Waals surface area (Å²) < 4.78 is 18.5. The third-order valence-corrected chi connectivity index (χ3v) is 8.19. The van der Waals surface area contributed by atoms with E-state index in [1.54, 1.807) is 0 Å². The Morgan fingerprint density at radius 2 is 1.40 bits per heavy atom. The van der Waals surface area contributed by atoms with Gasteiger partial charge in [-0.2, -0.15) is 0 Å². The normalized spacial score (nSPS) is 18.9. The third kappa shape index (κ3) is 5.09. The van der Waals surface area contributed by atoms with Crippen LogP contribution in [0.3, 0.4) is 0 Å². The van der Waals surface area contributed by atoms with Crippen molar-refractivity contribution in [2.45, 2.75) is 57.3 Å². The van der Waals surface area contributed by atoms with Gasteiger partial charge < -0.3 is 14.2 Å². The van der Waals surface area contributed by atoms with Gasteiger partial charge in [-0.15, -0.1) is 0 Å². The minimum absolute atomic E-state index is 0.136. The zero-order valence-electron chi connectivity index (χ0n) is 16.8. The minimum atomic E-state index is -1.09. The average Bonchev–Trinajstić information content (AvgIpc) is 2.74. The lowest BCUT2D eigenvalue weighted by atomic mass is 9.95. The Kier molecular flexibility index (Phi) is 6.82. The number of ether oxygens (including phenoxy) is 3. The van der Waals surface area contributed by atoms with Gasteiger partial charge >= 0.3 is 11.9 Å². The van der Waals surface area contributed by atoms with Gasteiger partial charge in [-0.3, -0.25) is 0 Å². The van der Waals surface area contributed by atoms with Crippen molar-refractivity contribution in [3.63, 3.8) is 0 Å². The average molecular weight is 520 g/mol. The number of carbonyl (C=O) groups excluding carboxylic acids is 2. The van der Waals surface area contributed by atoms with Crippen LogP contribution in [0, 0.1) is 3.57 Å². The van der Waals surface area contributed by atoms with Crippen molar-refractivity contribution in [2.24, 2.45) is 0 Å². The van der Waals surface area contributed by atoms with Crippen molar-refractivity contribution in [1.82, 2.24) is 0 Å². The van der Waals surface area contributed by atoms with Crippen molar-refractivity contribution in [3.8, 4) is 5.75 Å². The molecule has 4 rings (SSSR count). The summed E-state index contributed by atoms with van der Waals surface area (Å²) >= 11 is -1.09. The van der Waals surface area contributed by atoms with Gasteiger partial charge in [-0.05, 0) is 30.5 Å². The highest BCUT2D eigenvalue weighted by Gasteiger charge is 2.46. The van der Waals surface area contributed by atoms with E-state index in [-0.39, 0.29) is 3.51 Å². The summed E-state index contributed by atoms with van der Waals surface area (Å²) in [7, 11) is 0. The molecule has 1 aliphatic carbocycles. The van der Waals surface area contributed by atoms with E-state index >= 15 is 0 Å². The number of benzene rings is 2. The van der Waals surface area contributed by atoms with Crippen molar-refractivity contribution in [2.75, 3.05) is 0 Å². The molecule has 1 heterocycles. The first kappa shape index (κ1) is 21.0. The van der Waals surface area contributed by atoms with Gasteiger partial charge in [0.15, 0.2) is 3.51 Å². The molecular weight excluding hydrogens is 495 g/mol. The lowest BCUT2D eigenvalue weighted by Crippen LogP contribution is -2.50. The Balaban J connectivity index is 1.52.